The predicted octanol–water partition coefficient (Wildman–Crippen LogP) is 3.65. The fraction of sp³-hybridized carbons (Fsp3) is 0.700. The number of likely N-dealkylation sites (N-methyl/N-ethyl adjacent to an activating group) is 1. The minimum atomic E-state index is -5.16. The van der Waals surface area contributed by atoms with E-state index in [1.54, 1.807) is 71.0 Å². The van der Waals surface area contributed by atoms with Gasteiger partial charge in [-0.15, -0.1) is 0 Å². The number of phosphoric acid groups is 1. The minimum absolute atomic E-state index is 0.0709. The van der Waals surface area contributed by atoms with Crippen molar-refractivity contribution in [1.82, 2.24) is 15.2 Å². The maximum atomic E-state index is 12.6. The number of aliphatic hydroxyl groups is 5. The van der Waals surface area contributed by atoms with Crippen LogP contribution in [0.4, 0.5) is 0 Å². The van der Waals surface area contributed by atoms with Gasteiger partial charge >= 0.3 is 7.82 Å². The topological polar surface area (TPSA) is 306 Å². The number of hydrogen-bond acceptors (Lipinski definition) is 16. The zero-order chi connectivity index (χ0) is 53.8. The summed E-state index contributed by atoms with van der Waals surface area (Å²) in [7, 11) is 1.10. The largest absolute Gasteiger partial charge is 0.469 e. The number of primary amides is 1. The third-order valence-electron chi connectivity index (χ3n) is 14.1. The van der Waals surface area contributed by atoms with E-state index in [9.17, 15) is 49.5 Å². The molecular weight excluding hydrogens is 944 g/mol. The van der Waals surface area contributed by atoms with Gasteiger partial charge in [0.05, 0.1) is 43.2 Å². The van der Waals surface area contributed by atoms with Crippen molar-refractivity contribution in [1.29, 1.82) is 0 Å². The van der Waals surface area contributed by atoms with Crippen LogP contribution < -0.4 is 11.1 Å². The molecule has 1 spiro atoms. The molecule has 1 aromatic rings. The number of phosphoric ester groups is 1. The number of methoxy groups -OCH3 is 2. The van der Waals surface area contributed by atoms with Crippen LogP contribution in [0.15, 0.2) is 63.9 Å². The summed E-state index contributed by atoms with van der Waals surface area (Å²) in [6.45, 7) is 16.4. The van der Waals surface area contributed by atoms with Crippen LogP contribution in [0.5, 0.6) is 0 Å². The summed E-state index contributed by atoms with van der Waals surface area (Å²) in [5.41, 5.74) is 6.90. The second-order valence-electron chi connectivity index (χ2n) is 20.1. The van der Waals surface area contributed by atoms with E-state index in [-0.39, 0.29) is 38.3 Å². The molecule has 3 rings (SSSR count). The number of nitrogens with one attached hydrogen (secondary N) is 1. The highest BCUT2D eigenvalue weighted by Crippen LogP contribution is 2.59. The SMILES string of the molecule is COC[C@@H]([C@H](O)[C@H](O)C(=O)NCC[C@H](C)c1nc(/C=C/C[C@@H]2O[C@]3(C[C@@H](O)[C@@H]2C)O[C@H]([C@H](C[C@H](O)[C@H](C)[C@H](O)[C@H](C)/C=C(C)/C(C)=C/C=C/C(C)=C/C(N)=O)OC)[C@H](OP(=O)(O)O)C3(C)C)co1)N(C)C. The molecule has 1 aromatic heterocycles. The molecule has 20 nitrogen and oxygen atoms in total. The Balaban J connectivity index is 1.74. The van der Waals surface area contributed by atoms with Crippen molar-refractivity contribution in [2.24, 2.45) is 28.9 Å². The molecule has 404 valence electrons. The molecule has 21 heteroatoms. The summed E-state index contributed by atoms with van der Waals surface area (Å²) in [5.74, 6) is -4.23. The van der Waals surface area contributed by atoms with Gasteiger partial charge < -0.3 is 74.6 Å². The molecule has 2 saturated heterocycles. The van der Waals surface area contributed by atoms with Crippen molar-refractivity contribution in [3.8, 4) is 0 Å². The number of aromatic nitrogens is 1. The maximum absolute atomic E-state index is 12.6. The Morgan fingerprint density at radius 3 is 2.31 bits per heavy atom. The fourth-order valence-electron chi connectivity index (χ4n) is 9.09. The molecule has 0 radical (unpaired) electrons. The maximum Gasteiger partial charge on any atom is 0.469 e. The van der Waals surface area contributed by atoms with E-state index in [1.807, 2.05) is 46.8 Å². The van der Waals surface area contributed by atoms with Crippen molar-refractivity contribution in [3.05, 3.63) is 71.0 Å². The van der Waals surface area contributed by atoms with E-state index in [4.69, 9.17) is 33.6 Å². The summed E-state index contributed by atoms with van der Waals surface area (Å²) >= 11 is 0. The molecule has 2 fully saturated rings. The van der Waals surface area contributed by atoms with Crippen LogP contribution in [0.25, 0.3) is 6.08 Å². The van der Waals surface area contributed by atoms with Crippen molar-refractivity contribution in [3.63, 3.8) is 0 Å². The van der Waals surface area contributed by atoms with Gasteiger partial charge in [-0.3, -0.25) is 14.1 Å². The van der Waals surface area contributed by atoms with E-state index >= 15 is 0 Å². The Hall–Kier alpha value is -3.44. The number of carbonyl (C=O) groups excluding carboxylic acids is 2. The lowest BCUT2D eigenvalue weighted by Crippen LogP contribution is -2.58. The molecule has 2 amide bonds. The highest BCUT2D eigenvalue weighted by molar-refractivity contribution is 7.46. The lowest BCUT2D eigenvalue weighted by Gasteiger charge is -2.50. The number of aliphatic hydroxyl groups excluding tert-OH is 5. The number of hydrogen-bond donors (Lipinski definition) is 9. The van der Waals surface area contributed by atoms with Crippen LogP contribution in [0.3, 0.4) is 0 Å². The first-order chi connectivity index (χ1) is 33.0. The molecule has 15 atom stereocenters. The number of nitrogens with two attached hydrogens (primary N) is 1. The Morgan fingerprint density at radius 1 is 1.06 bits per heavy atom. The normalized spacial score (nSPS) is 27.5. The average molecular weight is 1030 g/mol. The summed E-state index contributed by atoms with van der Waals surface area (Å²) in [6.07, 6.45) is 3.69. The van der Waals surface area contributed by atoms with E-state index in [1.165, 1.54) is 26.6 Å². The Morgan fingerprint density at radius 2 is 1.72 bits per heavy atom. The third kappa shape index (κ3) is 17.0. The number of allylic oxidation sites excluding steroid dienone is 6. The van der Waals surface area contributed by atoms with Gasteiger partial charge in [0, 0.05) is 68.8 Å². The summed E-state index contributed by atoms with van der Waals surface area (Å²) < 4.78 is 48.2. The molecule has 0 aromatic carbocycles. The van der Waals surface area contributed by atoms with Crippen molar-refractivity contribution in [2.45, 2.75) is 161 Å². The molecule has 0 saturated carbocycles. The number of nitrogens with zero attached hydrogens (tertiary/aromatic N) is 2. The smallest absolute Gasteiger partial charge is 0.448 e. The first-order valence-corrected chi connectivity index (χ1v) is 25.6. The Bertz CT molecular complexity index is 2080. The minimum Gasteiger partial charge on any atom is -0.448 e. The number of oxazole rings is 1. The zero-order valence-electron chi connectivity index (χ0n) is 43.7. The first kappa shape index (κ1) is 61.9. The number of ether oxygens (including phenoxy) is 4. The van der Waals surface area contributed by atoms with Gasteiger partial charge in [-0.1, -0.05) is 77.5 Å². The van der Waals surface area contributed by atoms with Crippen molar-refractivity contribution in [2.75, 3.05) is 41.5 Å². The quantitative estimate of drug-likeness (QED) is 0.0345. The number of amides is 2. The molecule has 3 heterocycles. The lowest BCUT2D eigenvalue weighted by atomic mass is 9.72. The zero-order valence-corrected chi connectivity index (χ0v) is 44.6. The lowest BCUT2D eigenvalue weighted by molar-refractivity contribution is -0.334. The monoisotopic (exact) mass is 1030 g/mol. The van der Waals surface area contributed by atoms with E-state index in [2.05, 4.69) is 10.3 Å². The van der Waals surface area contributed by atoms with Gasteiger partial charge in [-0.05, 0) is 64.9 Å². The number of carbonyl (C=O) groups is 2. The van der Waals surface area contributed by atoms with E-state index in [0.29, 0.717) is 23.6 Å². The summed E-state index contributed by atoms with van der Waals surface area (Å²) in [6, 6.07) is -0.597. The summed E-state index contributed by atoms with van der Waals surface area (Å²) in [4.78, 5) is 50.4. The van der Waals surface area contributed by atoms with Crippen LogP contribution in [0.1, 0.15) is 105 Å². The Labute approximate surface area is 419 Å². The van der Waals surface area contributed by atoms with Crippen LogP contribution in [0, 0.1) is 23.2 Å². The number of rotatable bonds is 27. The van der Waals surface area contributed by atoms with Crippen molar-refractivity contribution < 1.29 is 77.4 Å². The molecule has 2 aliphatic rings. The van der Waals surface area contributed by atoms with Crippen LogP contribution in [-0.4, -0.2) is 165 Å². The molecular formula is C50H83N4O16P. The molecule has 71 heavy (non-hydrogen) atoms. The molecule has 10 N–H and O–H groups in total. The second-order valence-corrected chi connectivity index (χ2v) is 21.3. The molecule has 0 aliphatic carbocycles. The highest BCUT2D eigenvalue weighted by Gasteiger charge is 2.68. The predicted molar refractivity (Wildman–Crippen MR) is 266 cm³/mol. The molecule has 0 unspecified atom stereocenters. The first-order valence-electron chi connectivity index (χ1n) is 24.1. The molecule has 0 bridgehead atoms. The van der Waals surface area contributed by atoms with Gasteiger partial charge in [0.2, 0.25) is 5.91 Å². The third-order valence-corrected chi connectivity index (χ3v) is 14.6. The second kappa shape index (κ2) is 27.2. The van der Waals surface area contributed by atoms with E-state index < -0.39 is 110 Å². The van der Waals surface area contributed by atoms with E-state index in [0.717, 1.165) is 11.1 Å². The van der Waals surface area contributed by atoms with Crippen LogP contribution >= 0.6 is 7.82 Å². The van der Waals surface area contributed by atoms with Gasteiger partial charge in [-0.25, -0.2) is 9.55 Å². The van der Waals surface area contributed by atoms with Gasteiger partial charge in [0.15, 0.2) is 17.8 Å². The highest BCUT2D eigenvalue weighted by atomic mass is 31.2. The average Bonchev–Trinajstić information content (AvgIpc) is 3.83. The van der Waals surface area contributed by atoms with Gasteiger partial charge in [0.25, 0.3) is 5.91 Å². The summed E-state index contributed by atoms with van der Waals surface area (Å²) in [5, 5.41) is 58.3. The molecule has 2 aliphatic heterocycles. The van der Waals surface area contributed by atoms with Crippen LogP contribution in [-0.2, 0) is 37.6 Å². The van der Waals surface area contributed by atoms with Gasteiger partial charge in [0.1, 0.15) is 30.3 Å². The van der Waals surface area contributed by atoms with Crippen molar-refractivity contribution >= 4 is 25.7 Å². The van der Waals surface area contributed by atoms with Gasteiger partial charge in [-0.2, -0.15) is 0 Å². The fourth-order valence-corrected chi connectivity index (χ4v) is 9.77. The standard InChI is InChI=1S/C50H83N4O16P/c1-28(22-41(51)57)16-14-17-29(2)31(4)23-32(5)42(58)34(7)37(55)24-40(66-13)45-46(70-71(62,63)64)49(8,9)50(69-45)25-38(56)33(6)39(68-50)19-15-18-35-26-67-48(53-35)30(3)20-21-52-47(61)44(60)43(59)36(27-65-12)54(10)11/h14-18,22-23,26,30,32-34,36-40,42-46,55-56,58-60H,19-21,24-25,27H2,1-13H3,(H2,51,57)(H,52,61)(H2,62,63,64)/b16-14+,18-15+,28-22+,29-17+,31-23+/t30-,32+,33-,34-,36-,37-,38+,39-,40-,42+,43-,44-,45+,46-,50+/m0/s1. The Kier molecular flexibility index (Phi) is 23.7. The van der Waals surface area contributed by atoms with Crippen LogP contribution in [0.2, 0.25) is 0 Å².